The first-order valence-electron chi connectivity index (χ1n) is 8.29. The Morgan fingerprint density at radius 3 is 2.81 bits per heavy atom. The maximum atomic E-state index is 13.9. The van der Waals surface area contributed by atoms with Gasteiger partial charge in [0.1, 0.15) is 11.5 Å². The number of pyridine rings is 1. The topological polar surface area (TPSA) is 109 Å². The molecule has 0 unspecified atom stereocenters. The molecule has 1 amide bonds. The first kappa shape index (κ1) is 19.5. The van der Waals surface area contributed by atoms with Crippen molar-refractivity contribution in [2.75, 3.05) is 33.1 Å². The summed E-state index contributed by atoms with van der Waals surface area (Å²) in [7, 11) is -0.586. The molecule has 2 N–H and O–H groups in total. The number of carbonyl (C=O) groups is 1. The molecule has 1 aromatic heterocycles. The van der Waals surface area contributed by atoms with Crippen LogP contribution in [-0.2, 0) is 14.8 Å². The molecule has 0 bridgehead atoms. The Balaban J connectivity index is 1.82. The van der Waals surface area contributed by atoms with Crippen LogP contribution >= 0.6 is 0 Å². The number of fused-ring (bicyclic) bond motifs is 1. The Morgan fingerprint density at radius 1 is 1.37 bits per heavy atom. The number of aromatic amines is 1. The Bertz CT molecular complexity index is 1030. The second-order valence-corrected chi connectivity index (χ2v) is 8.88. The molecular formula is C17H20FN3O5S. The van der Waals surface area contributed by atoms with Crippen LogP contribution in [0, 0.1) is 11.7 Å². The SMILES string of the molecule is CN(C)S(=O)(=O)C[C@@H]1COC[C@H]1NC(=O)c1cc(=O)c2cccc(F)c2[nH]1. The lowest BCUT2D eigenvalue weighted by Gasteiger charge is -2.21. The summed E-state index contributed by atoms with van der Waals surface area (Å²) in [4.78, 5) is 27.3. The number of carbonyl (C=O) groups excluding carboxylic acids is 1. The van der Waals surface area contributed by atoms with E-state index in [1.165, 1.54) is 32.3 Å². The van der Waals surface area contributed by atoms with Gasteiger partial charge in [-0.3, -0.25) is 9.59 Å². The maximum absolute atomic E-state index is 13.9. The molecule has 2 atom stereocenters. The second kappa shape index (κ2) is 7.37. The van der Waals surface area contributed by atoms with Crippen LogP contribution in [0.2, 0.25) is 0 Å². The van der Waals surface area contributed by atoms with Crippen LogP contribution in [0.1, 0.15) is 10.5 Å². The van der Waals surface area contributed by atoms with Gasteiger partial charge in [0.25, 0.3) is 5.91 Å². The van der Waals surface area contributed by atoms with Crippen LogP contribution < -0.4 is 10.7 Å². The number of H-pyrrole nitrogens is 1. The highest BCUT2D eigenvalue weighted by atomic mass is 32.2. The summed E-state index contributed by atoms with van der Waals surface area (Å²) in [6.07, 6.45) is 0. The Labute approximate surface area is 155 Å². The molecule has 0 aliphatic carbocycles. The van der Waals surface area contributed by atoms with Gasteiger partial charge in [-0.05, 0) is 12.1 Å². The first-order chi connectivity index (χ1) is 12.7. The fourth-order valence-electron chi connectivity index (χ4n) is 2.95. The largest absolute Gasteiger partial charge is 0.379 e. The molecule has 0 radical (unpaired) electrons. The number of hydrogen-bond donors (Lipinski definition) is 2. The lowest BCUT2D eigenvalue weighted by atomic mass is 10.1. The normalized spacial score (nSPS) is 20.3. The minimum Gasteiger partial charge on any atom is -0.379 e. The average molecular weight is 397 g/mol. The molecule has 2 heterocycles. The molecule has 2 aromatic rings. The van der Waals surface area contributed by atoms with Crippen LogP contribution in [0.4, 0.5) is 4.39 Å². The van der Waals surface area contributed by atoms with E-state index in [-0.39, 0.29) is 35.6 Å². The predicted octanol–water partition coefficient (Wildman–Crippen LogP) is 0.303. The number of ether oxygens (including phenoxy) is 1. The van der Waals surface area contributed by atoms with Crippen molar-refractivity contribution in [1.29, 1.82) is 0 Å². The van der Waals surface area contributed by atoms with Crippen molar-refractivity contribution in [2.45, 2.75) is 6.04 Å². The molecule has 1 aliphatic heterocycles. The van der Waals surface area contributed by atoms with Gasteiger partial charge in [-0.25, -0.2) is 17.1 Å². The van der Waals surface area contributed by atoms with Crippen molar-refractivity contribution >= 4 is 26.8 Å². The predicted molar refractivity (Wildman–Crippen MR) is 97.6 cm³/mol. The molecule has 1 fully saturated rings. The molecular weight excluding hydrogens is 377 g/mol. The number of hydrogen-bond acceptors (Lipinski definition) is 5. The standard InChI is InChI=1S/C17H20FN3O5S/c1-21(2)27(24,25)9-10-7-26-8-14(10)20-17(23)13-6-15(22)11-4-3-5-12(18)16(11)19-13/h3-6,10,14H,7-9H2,1-2H3,(H,19,22)(H,20,23)/t10-,14+/m0/s1. The van der Waals surface area contributed by atoms with Crippen molar-refractivity contribution in [2.24, 2.45) is 5.92 Å². The van der Waals surface area contributed by atoms with Crippen molar-refractivity contribution in [3.05, 3.63) is 46.0 Å². The number of amides is 1. The average Bonchev–Trinajstić information content (AvgIpc) is 3.01. The highest BCUT2D eigenvalue weighted by Crippen LogP contribution is 2.18. The molecule has 0 saturated carbocycles. The van der Waals surface area contributed by atoms with E-state index >= 15 is 0 Å². The van der Waals surface area contributed by atoms with Crippen molar-refractivity contribution in [3.63, 3.8) is 0 Å². The van der Waals surface area contributed by atoms with Gasteiger partial charge in [0.15, 0.2) is 5.43 Å². The number of benzene rings is 1. The zero-order chi connectivity index (χ0) is 19.8. The van der Waals surface area contributed by atoms with Gasteiger partial charge in [-0.2, -0.15) is 0 Å². The van der Waals surface area contributed by atoms with E-state index < -0.39 is 39.1 Å². The third kappa shape index (κ3) is 4.02. The molecule has 3 rings (SSSR count). The number of para-hydroxylation sites is 1. The molecule has 0 spiro atoms. The van der Waals surface area contributed by atoms with Crippen LogP contribution in [0.15, 0.2) is 29.1 Å². The number of nitrogens with zero attached hydrogens (tertiary/aromatic N) is 1. The van der Waals surface area contributed by atoms with Crippen LogP contribution in [0.3, 0.4) is 0 Å². The van der Waals surface area contributed by atoms with E-state index in [1.807, 2.05) is 0 Å². The molecule has 27 heavy (non-hydrogen) atoms. The fourth-order valence-corrected chi connectivity index (χ4v) is 4.11. The molecule has 1 aromatic carbocycles. The molecule has 8 nitrogen and oxygen atoms in total. The van der Waals surface area contributed by atoms with Crippen molar-refractivity contribution in [3.8, 4) is 0 Å². The van der Waals surface area contributed by atoms with Crippen LogP contribution in [0.25, 0.3) is 10.9 Å². The van der Waals surface area contributed by atoms with Gasteiger partial charge < -0.3 is 15.0 Å². The Kier molecular flexibility index (Phi) is 5.31. The van der Waals surface area contributed by atoms with Gasteiger partial charge in [0.05, 0.1) is 30.5 Å². The van der Waals surface area contributed by atoms with Gasteiger partial charge in [0, 0.05) is 31.5 Å². The first-order valence-corrected chi connectivity index (χ1v) is 9.90. The zero-order valence-corrected chi connectivity index (χ0v) is 15.7. The van der Waals surface area contributed by atoms with E-state index in [1.54, 1.807) is 0 Å². The lowest BCUT2D eigenvalue weighted by molar-refractivity contribution is 0.0921. The van der Waals surface area contributed by atoms with Gasteiger partial charge in [0.2, 0.25) is 10.0 Å². The molecule has 1 saturated heterocycles. The maximum Gasteiger partial charge on any atom is 0.268 e. The van der Waals surface area contributed by atoms with E-state index in [0.717, 1.165) is 10.4 Å². The summed E-state index contributed by atoms with van der Waals surface area (Å²) in [5.41, 5.74) is -0.633. The number of sulfonamides is 1. The summed E-state index contributed by atoms with van der Waals surface area (Å²) >= 11 is 0. The third-order valence-corrected chi connectivity index (χ3v) is 6.52. The van der Waals surface area contributed by atoms with Crippen LogP contribution in [0.5, 0.6) is 0 Å². The highest BCUT2D eigenvalue weighted by Gasteiger charge is 2.34. The lowest BCUT2D eigenvalue weighted by Crippen LogP contribution is -2.44. The summed E-state index contributed by atoms with van der Waals surface area (Å²) in [5.74, 6) is -1.86. The van der Waals surface area contributed by atoms with E-state index in [9.17, 15) is 22.4 Å². The summed E-state index contributed by atoms with van der Waals surface area (Å²) in [6, 6.07) is 4.63. The van der Waals surface area contributed by atoms with Gasteiger partial charge in [-0.15, -0.1) is 0 Å². The smallest absolute Gasteiger partial charge is 0.268 e. The van der Waals surface area contributed by atoms with Gasteiger partial charge in [-0.1, -0.05) is 6.07 Å². The second-order valence-electron chi connectivity index (χ2n) is 6.65. The van der Waals surface area contributed by atoms with Crippen LogP contribution in [-0.4, -0.2) is 62.7 Å². The number of rotatable bonds is 5. The molecule has 146 valence electrons. The quantitative estimate of drug-likeness (QED) is 0.755. The Hall–Kier alpha value is -2.30. The van der Waals surface area contributed by atoms with Gasteiger partial charge >= 0.3 is 0 Å². The third-order valence-electron chi connectivity index (χ3n) is 4.55. The summed E-state index contributed by atoms with van der Waals surface area (Å²) in [5, 5.41) is 2.82. The molecule has 10 heteroatoms. The Morgan fingerprint density at radius 2 is 2.11 bits per heavy atom. The van der Waals surface area contributed by atoms with Crippen molar-refractivity contribution < 1.29 is 22.3 Å². The zero-order valence-electron chi connectivity index (χ0n) is 14.9. The monoisotopic (exact) mass is 397 g/mol. The van der Waals surface area contributed by atoms with E-state index in [2.05, 4.69) is 10.3 Å². The minimum atomic E-state index is -3.46. The fraction of sp³-hybridized carbons (Fsp3) is 0.412. The van der Waals surface area contributed by atoms with E-state index in [0.29, 0.717) is 0 Å². The van der Waals surface area contributed by atoms with E-state index in [4.69, 9.17) is 4.74 Å². The number of aromatic nitrogens is 1. The number of halogens is 1. The summed E-state index contributed by atoms with van der Waals surface area (Å²) < 4.78 is 44.5. The van der Waals surface area contributed by atoms with Crippen molar-refractivity contribution in [1.82, 2.24) is 14.6 Å². The minimum absolute atomic E-state index is 0.0513. The highest BCUT2D eigenvalue weighted by molar-refractivity contribution is 7.89. The summed E-state index contributed by atoms with van der Waals surface area (Å²) in [6.45, 7) is 0.354. The molecule has 1 aliphatic rings. The number of nitrogens with one attached hydrogen (secondary N) is 2.